The lowest BCUT2D eigenvalue weighted by atomic mass is 9.78. The zero-order valence-corrected chi connectivity index (χ0v) is 15.4. The summed E-state index contributed by atoms with van der Waals surface area (Å²) in [7, 11) is 0. The zero-order valence-electron chi connectivity index (χ0n) is 13.8. The Hall–Kier alpha value is -2.57. The molecule has 12 heteroatoms. The third-order valence-electron chi connectivity index (χ3n) is 4.32. The van der Waals surface area contributed by atoms with E-state index in [2.05, 4.69) is 5.32 Å². The lowest BCUT2D eigenvalue weighted by Crippen LogP contribution is -2.72. The Morgan fingerprint density at radius 1 is 1.29 bits per heavy atom. The van der Waals surface area contributed by atoms with Crippen LogP contribution in [0, 0.1) is 16.0 Å². The molecule has 0 radical (unpaired) electrons. The number of Topliss-reactive ketones (excluding diaryl/α,β-unsaturated/α-hetero) is 1. The van der Waals surface area contributed by atoms with Crippen LogP contribution in [0.25, 0.3) is 0 Å². The third kappa shape index (κ3) is 3.45. The zero-order chi connectivity index (χ0) is 20.7. The Labute approximate surface area is 165 Å². The number of hydrogen-bond donors (Lipinski definition) is 3. The number of nitro benzene ring substituents is 1. The van der Waals surface area contributed by atoms with Crippen molar-refractivity contribution in [3.05, 3.63) is 62.3 Å². The van der Waals surface area contributed by atoms with Gasteiger partial charge in [-0.05, 0) is 29.2 Å². The summed E-state index contributed by atoms with van der Waals surface area (Å²) >= 11 is 5.74. The van der Waals surface area contributed by atoms with E-state index >= 15 is 0 Å². The molecule has 148 valence electrons. The van der Waals surface area contributed by atoms with Crippen molar-refractivity contribution in [2.75, 3.05) is 0 Å². The largest absolute Gasteiger partial charge is 0.437 e. The molecule has 7 nitrogen and oxygen atoms in total. The fourth-order valence-corrected chi connectivity index (χ4v) is 3.98. The fourth-order valence-electron chi connectivity index (χ4n) is 2.99. The van der Waals surface area contributed by atoms with Gasteiger partial charge in [-0.3, -0.25) is 14.9 Å². The number of thiophene rings is 1. The number of thiocarbonyl (C=S) groups is 1. The Morgan fingerprint density at radius 2 is 1.93 bits per heavy atom. The van der Waals surface area contributed by atoms with Crippen LogP contribution in [0.2, 0.25) is 0 Å². The van der Waals surface area contributed by atoms with E-state index in [4.69, 9.17) is 12.2 Å². The van der Waals surface area contributed by atoms with E-state index < -0.39 is 39.7 Å². The van der Waals surface area contributed by atoms with Crippen molar-refractivity contribution in [1.29, 1.82) is 0 Å². The maximum absolute atomic E-state index is 13.8. The maximum Gasteiger partial charge on any atom is 0.437 e. The first-order chi connectivity index (χ1) is 13.0. The lowest BCUT2D eigenvalue weighted by Gasteiger charge is -2.46. The molecule has 1 fully saturated rings. The number of non-ortho nitro benzene ring substituents is 1. The molecule has 0 amide bonds. The molecule has 0 unspecified atom stereocenters. The van der Waals surface area contributed by atoms with E-state index in [-0.39, 0.29) is 16.1 Å². The minimum absolute atomic E-state index is 0.0241. The highest BCUT2D eigenvalue weighted by Gasteiger charge is 2.65. The van der Waals surface area contributed by atoms with Gasteiger partial charge in [-0.15, -0.1) is 11.3 Å². The number of nitrogens with one attached hydrogen (secondary N) is 2. The summed E-state index contributed by atoms with van der Waals surface area (Å²) in [5, 5.41) is 26.7. The predicted molar refractivity (Wildman–Crippen MR) is 97.9 cm³/mol. The molecule has 0 spiro atoms. The van der Waals surface area contributed by atoms with Gasteiger partial charge in [-0.1, -0.05) is 18.2 Å². The Balaban J connectivity index is 2.12. The second-order valence-corrected chi connectivity index (χ2v) is 7.36. The molecule has 3 rings (SSSR count). The van der Waals surface area contributed by atoms with Crippen LogP contribution < -0.4 is 10.6 Å². The molecule has 1 saturated heterocycles. The van der Waals surface area contributed by atoms with Gasteiger partial charge in [-0.25, -0.2) is 0 Å². The van der Waals surface area contributed by atoms with Gasteiger partial charge in [0.15, 0.2) is 10.9 Å². The van der Waals surface area contributed by atoms with Crippen molar-refractivity contribution in [3.63, 3.8) is 0 Å². The molecule has 1 aromatic carbocycles. The number of aliphatic hydroxyl groups is 1. The highest BCUT2D eigenvalue weighted by Crippen LogP contribution is 2.44. The maximum atomic E-state index is 13.8. The highest BCUT2D eigenvalue weighted by atomic mass is 32.1. The summed E-state index contributed by atoms with van der Waals surface area (Å²) in [6.07, 6.45) is -5.23. The van der Waals surface area contributed by atoms with Gasteiger partial charge in [0.25, 0.3) is 5.69 Å². The van der Waals surface area contributed by atoms with E-state index in [1.165, 1.54) is 29.6 Å². The Morgan fingerprint density at radius 3 is 2.43 bits per heavy atom. The molecule has 0 bridgehead atoms. The summed E-state index contributed by atoms with van der Waals surface area (Å²) in [5.74, 6) is -2.97. The van der Waals surface area contributed by atoms with Gasteiger partial charge in [0.05, 0.1) is 15.8 Å². The molecule has 3 atom stereocenters. The third-order valence-corrected chi connectivity index (χ3v) is 5.42. The standard InChI is InChI=1S/C16H12F3N3O4S2/c17-16(18,19)15(24)11(13(23)10-2-1-7-28-10)12(20-14(27)21-15)8-3-5-9(6-4-8)22(25)26/h1-7,11-12,24H,(H2,20,21,27)/t11-,12+,15-/m0/s1. The number of alkyl halides is 3. The predicted octanol–water partition coefficient (Wildman–Crippen LogP) is 2.93. The number of nitrogens with zero attached hydrogens (tertiary/aromatic N) is 1. The van der Waals surface area contributed by atoms with Gasteiger partial charge in [-0.2, -0.15) is 13.2 Å². The van der Waals surface area contributed by atoms with Gasteiger partial charge < -0.3 is 15.7 Å². The van der Waals surface area contributed by atoms with Crippen molar-refractivity contribution in [2.45, 2.75) is 17.9 Å². The number of halogens is 3. The molecule has 1 aliphatic heterocycles. The lowest BCUT2D eigenvalue weighted by molar-refractivity contribution is -0.384. The van der Waals surface area contributed by atoms with E-state index in [0.29, 0.717) is 0 Å². The molecule has 0 saturated carbocycles. The minimum Gasteiger partial charge on any atom is -0.363 e. The summed E-state index contributed by atoms with van der Waals surface area (Å²) in [5.41, 5.74) is -3.76. The summed E-state index contributed by atoms with van der Waals surface area (Å²) in [4.78, 5) is 23.1. The second-order valence-electron chi connectivity index (χ2n) is 6.01. The fraction of sp³-hybridized carbons (Fsp3) is 0.250. The average Bonchev–Trinajstić information content (AvgIpc) is 3.14. The number of benzene rings is 1. The number of nitro groups is 1. The monoisotopic (exact) mass is 431 g/mol. The van der Waals surface area contributed by atoms with E-state index in [9.17, 15) is 33.2 Å². The first-order valence-electron chi connectivity index (χ1n) is 7.74. The SMILES string of the molecule is O=C(c1cccs1)[C@@H]1[C@@H](c2ccc([N+](=O)[O-])cc2)NC(=S)N[C@@]1(O)C(F)(F)F. The van der Waals surface area contributed by atoms with Crippen LogP contribution in [-0.4, -0.2) is 32.8 Å². The molecule has 1 aromatic heterocycles. The number of ketones is 1. The summed E-state index contributed by atoms with van der Waals surface area (Å²) < 4.78 is 41.3. The van der Waals surface area contributed by atoms with Gasteiger partial charge in [0.2, 0.25) is 5.72 Å². The van der Waals surface area contributed by atoms with Crippen LogP contribution >= 0.6 is 23.6 Å². The molecule has 1 aliphatic rings. The number of hydrogen-bond acceptors (Lipinski definition) is 6. The normalized spacial score (nSPS) is 24.9. The number of carbonyl (C=O) groups excluding carboxylic acids is 1. The van der Waals surface area contributed by atoms with Crippen LogP contribution in [0.1, 0.15) is 21.3 Å². The Bertz CT molecular complexity index is 918. The van der Waals surface area contributed by atoms with E-state index in [1.54, 1.807) is 5.32 Å². The Kier molecular flexibility index (Phi) is 5.12. The molecule has 3 N–H and O–H groups in total. The van der Waals surface area contributed by atoms with Gasteiger partial charge >= 0.3 is 6.18 Å². The van der Waals surface area contributed by atoms with Crippen molar-refractivity contribution in [3.8, 4) is 0 Å². The molecule has 2 aromatic rings. The topological polar surface area (TPSA) is 104 Å². The van der Waals surface area contributed by atoms with Crippen molar-refractivity contribution in [2.24, 2.45) is 5.92 Å². The van der Waals surface area contributed by atoms with Gasteiger partial charge in [0.1, 0.15) is 5.92 Å². The first-order valence-corrected chi connectivity index (χ1v) is 9.03. The number of carbonyl (C=O) groups is 1. The molecule has 28 heavy (non-hydrogen) atoms. The molecule has 2 heterocycles. The van der Waals surface area contributed by atoms with E-state index in [1.807, 2.05) is 0 Å². The molecular formula is C16H12F3N3O4S2. The van der Waals surface area contributed by atoms with Crippen molar-refractivity contribution in [1.82, 2.24) is 10.6 Å². The van der Waals surface area contributed by atoms with Crippen LogP contribution in [0.3, 0.4) is 0 Å². The number of rotatable bonds is 4. The van der Waals surface area contributed by atoms with Crippen molar-refractivity contribution < 1.29 is 28.0 Å². The summed E-state index contributed by atoms with van der Waals surface area (Å²) in [6.45, 7) is 0. The van der Waals surface area contributed by atoms with Crippen molar-refractivity contribution >= 4 is 40.1 Å². The van der Waals surface area contributed by atoms with Crippen LogP contribution in [0.5, 0.6) is 0 Å². The van der Waals surface area contributed by atoms with Crippen LogP contribution in [-0.2, 0) is 0 Å². The smallest absolute Gasteiger partial charge is 0.363 e. The van der Waals surface area contributed by atoms with E-state index in [0.717, 1.165) is 23.5 Å². The highest BCUT2D eigenvalue weighted by molar-refractivity contribution is 7.80. The summed E-state index contributed by atoms with van der Waals surface area (Å²) in [6, 6.07) is 6.12. The first kappa shape index (κ1) is 20.2. The molecular weight excluding hydrogens is 419 g/mol. The quantitative estimate of drug-likeness (QED) is 0.296. The average molecular weight is 431 g/mol. The van der Waals surface area contributed by atoms with Crippen LogP contribution in [0.4, 0.5) is 18.9 Å². The second kappa shape index (κ2) is 7.11. The van der Waals surface area contributed by atoms with Gasteiger partial charge in [0, 0.05) is 12.1 Å². The minimum atomic E-state index is -5.23. The molecule has 0 aliphatic carbocycles. The van der Waals surface area contributed by atoms with Crippen LogP contribution in [0.15, 0.2) is 41.8 Å².